The van der Waals surface area contributed by atoms with Crippen LogP contribution in [0.1, 0.15) is 54.4 Å². The lowest BCUT2D eigenvalue weighted by atomic mass is 10.0. The smallest absolute Gasteiger partial charge is 0.340 e. The van der Waals surface area contributed by atoms with E-state index < -0.39 is 5.97 Å². The normalized spacial score (nSPS) is 11.1. The summed E-state index contributed by atoms with van der Waals surface area (Å²) < 4.78 is 6.83. The maximum absolute atomic E-state index is 12.6. The zero-order chi connectivity index (χ0) is 23.3. The number of thiophene rings is 1. The van der Waals surface area contributed by atoms with Gasteiger partial charge in [0.15, 0.2) is 11.0 Å². The molecule has 7 nitrogen and oxygen atoms in total. The van der Waals surface area contributed by atoms with E-state index in [1.165, 1.54) is 35.8 Å². The Hall–Kier alpha value is -2.65. The summed E-state index contributed by atoms with van der Waals surface area (Å²) in [5.41, 5.74) is 2.65. The Labute approximate surface area is 196 Å². The quantitative estimate of drug-likeness (QED) is 0.339. The first-order valence-electron chi connectivity index (χ1n) is 10.5. The fourth-order valence-electron chi connectivity index (χ4n) is 3.17. The van der Waals surface area contributed by atoms with Crippen LogP contribution in [0.15, 0.2) is 35.5 Å². The van der Waals surface area contributed by atoms with Crippen LogP contribution in [0.3, 0.4) is 0 Å². The van der Waals surface area contributed by atoms with Crippen molar-refractivity contribution >= 4 is 40.0 Å². The molecular weight excluding hydrogens is 444 g/mol. The minimum atomic E-state index is -0.456. The number of nitrogens with one attached hydrogen (secondary N) is 1. The van der Waals surface area contributed by atoms with E-state index in [-0.39, 0.29) is 11.7 Å². The largest absolute Gasteiger partial charge is 0.465 e. The highest BCUT2D eigenvalue weighted by Crippen LogP contribution is 2.30. The Bertz CT molecular complexity index is 1090. The summed E-state index contributed by atoms with van der Waals surface area (Å²) in [6.45, 7) is 9.04. The Morgan fingerprint density at radius 1 is 1.19 bits per heavy atom. The van der Waals surface area contributed by atoms with E-state index in [1.807, 2.05) is 18.4 Å². The van der Waals surface area contributed by atoms with Crippen molar-refractivity contribution in [2.45, 2.75) is 51.7 Å². The molecule has 0 unspecified atom stereocenters. The van der Waals surface area contributed by atoms with Gasteiger partial charge in [-0.3, -0.25) is 4.79 Å². The third-order valence-corrected chi connectivity index (χ3v) is 7.15. The van der Waals surface area contributed by atoms with Crippen molar-refractivity contribution in [3.63, 3.8) is 0 Å². The van der Waals surface area contributed by atoms with Gasteiger partial charge in [-0.2, -0.15) is 0 Å². The molecule has 2 aromatic heterocycles. The van der Waals surface area contributed by atoms with Crippen LogP contribution < -0.4 is 5.32 Å². The number of aryl methyl sites for hydroxylation is 1. The number of carbonyl (C=O) groups excluding carboxylic acids is 2. The van der Waals surface area contributed by atoms with Crippen LogP contribution >= 0.6 is 23.1 Å². The maximum atomic E-state index is 12.6. The predicted molar refractivity (Wildman–Crippen MR) is 130 cm³/mol. The molecule has 0 atom stereocenters. The van der Waals surface area contributed by atoms with E-state index in [0.717, 1.165) is 22.7 Å². The third kappa shape index (κ3) is 5.39. The summed E-state index contributed by atoms with van der Waals surface area (Å²) in [5, 5.41) is 12.7. The van der Waals surface area contributed by atoms with Crippen LogP contribution in [0, 0.1) is 0 Å². The molecule has 1 aromatic carbocycles. The SMILES string of the molecule is CCc1cc(C(=O)OC)c(NC(=O)CSc2nnc(-c3ccc(C(C)C)cc3)n2CC)s1. The molecular formula is C23H28N4O3S2. The highest BCUT2D eigenvalue weighted by Gasteiger charge is 2.19. The Morgan fingerprint density at radius 3 is 2.50 bits per heavy atom. The maximum Gasteiger partial charge on any atom is 0.340 e. The van der Waals surface area contributed by atoms with Crippen LogP contribution in [-0.2, 0) is 22.5 Å². The van der Waals surface area contributed by atoms with Gasteiger partial charge >= 0.3 is 5.97 Å². The van der Waals surface area contributed by atoms with E-state index in [2.05, 4.69) is 53.6 Å². The van der Waals surface area contributed by atoms with E-state index in [4.69, 9.17) is 4.74 Å². The number of methoxy groups -OCH3 is 1. The molecule has 0 saturated carbocycles. The van der Waals surface area contributed by atoms with Crippen LogP contribution in [0.25, 0.3) is 11.4 Å². The molecule has 0 bridgehead atoms. The topological polar surface area (TPSA) is 86.1 Å². The van der Waals surface area contributed by atoms with Crippen molar-refractivity contribution in [1.29, 1.82) is 0 Å². The summed E-state index contributed by atoms with van der Waals surface area (Å²) in [5.74, 6) is 0.740. The van der Waals surface area contributed by atoms with E-state index in [0.29, 0.717) is 28.2 Å². The van der Waals surface area contributed by atoms with Crippen molar-refractivity contribution in [2.75, 3.05) is 18.2 Å². The lowest BCUT2D eigenvalue weighted by Gasteiger charge is -2.09. The number of benzene rings is 1. The average Bonchev–Trinajstić information content (AvgIpc) is 3.40. The Balaban J connectivity index is 1.70. The summed E-state index contributed by atoms with van der Waals surface area (Å²) in [7, 11) is 1.33. The van der Waals surface area contributed by atoms with Gasteiger partial charge in [0.1, 0.15) is 5.00 Å². The van der Waals surface area contributed by atoms with Gasteiger partial charge in [-0.1, -0.05) is 56.8 Å². The summed E-state index contributed by atoms with van der Waals surface area (Å²) in [6.07, 6.45) is 0.778. The number of anilines is 1. The lowest BCUT2D eigenvalue weighted by Crippen LogP contribution is -2.16. The van der Waals surface area contributed by atoms with Gasteiger partial charge < -0.3 is 14.6 Å². The monoisotopic (exact) mass is 472 g/mol. The number of ether oxygens (including phenoxy) is 1. The van der Waals surface area contributed by atoms with E-state index >= 15 is 0 Å². The number of nitrogens with zero attached hydrogens (tertiary/aromatic N) is 3. The number of rotatable bonds is 9. The van der Waals surface area contributed by atoms with Crippen molar-refractivity contribution < 1.29 is 14.3 Å². The van der Waals surface area contributed by atoms with Gasteiger partial charge in [-0.05, 0) is 30.9 Å². The number of amides is 1. The first-order chi connectivity index (χ1) is 15.4. The van der Waals surface area contributed by atoms with Crippen molar-refractivity contribution in [1.82, 2.24) is 14.8 Å². The first kappa shape index (κ1) is 24.0. The Kier molecular flexibility index (Phi) is 8.09. The van der Waals surface area contributed by atoms with E-state index in [9.17, 15) is 9.59 Å². The molecule has 1 N–H and O–H groups in total. The third-order valence-electron chi connectivity index (χ3n) is 4.99. The zero-order valence-corrected chi connectivity index (χ0v) is 20.6. The van der Waals surface area contributed by atoms with Crippen LogP contribution in [0.4, 0.5) is 5.00 Å². The molecule has 170 valence electrons. The average molecular weight is 473 g/mol. The number of carbonyl (C=O) groups is 2. The fraction of sp³-hybridized carbons (Fsp3) is 0.391. The second-order valence-electron chi connectivity index (χ2n) is 7.46. The zero-order valence-electron chi connectivity index (χ0n) is 19.0. The number of hydrogen-bond acceptors (Lipinski definition) is 7. The summed E-state index contributed by atoms with van der Waals surface area (Å²) >= 11 is 2.71. The first-order valence-corrected chi connectivity index (χ1v) is 12.3. The van der Waals surface area contributed by atoms with Gasteiger partial charge in [0.05, 0.1) is 18.4 Å². The number of aromatic nitrogens is 3. The van der Waals surface area contributed by atoms with Gasteiger partial charge in [0.25, 0.3) is 0 Å². The molecule has 9 heteroatoms. The summed E-state index contributed by atoms with van der Waals surface area (Å²) in [4.78, 5) is 25.6. The molecule has 0 aliphatic rings. The van der Waals surface area contributed by atoms with Gasteiger partial charge in [0, 0.05) is 17.0 Å². The molecule has 3 aromatic rings. The number of thioether (sulfide) groups is 1. The predicted octanol–water partition coefficient (Wildman–Crippen LogP) is 5.23. The highest BCUT2D eigenvalue weighted by molar-refractivity contribution is 7.99. The van der Waals surface area contributed by atoms with Crippen LogP contribution in [0.2, 0.25) is 0 Å². The molecule has 0 aliphatic heterocycles. The second kappa shape index (κ2) is 10.8. The molecule has 0 aliphatic carbocycles. The molecule has 32 heavy (non-hydrogen) atoms. The van der Waals surface area contributed by atoms with Gasteiger partial charge in [0.2, 0.25) is 5.91 Å². The standard InChI is InChI=1S/C23H28N4O3S2/c1-6-17-12-18(22(29)30-5)21(32-17)24-19(28)13-31-23-26-25-20(27(23)7-2)16-10-8-15(9-11-16)14(3)4/h8-12,14H,6-7,13H2,1-5H3,(H,24,28). The van der Waals surface area contributed by atoms with Crippen LogP contribution in [0.5, 0.6) is 0 Å². The highest BCUT2D eigenvalue weighted by atomic mass is 32.2. The van der Waals surface area contributed by atoms with Gasteiger partial charge in [-0.25, -0.2) is 4.79 Å². The number of esters is 1. The van der Waals surface area contributed by atoms with Gasteiger partial charge in [-0.15, -0.1) is 21.5 Å². The Morgan fingerprint density at radius 2 is 1.91 bits per heavy atom. The molecule has 1 amide bonds. The molecule has 3 rings (SSSR count). The second-order valence-corrected chi connectivity index (χ2v) is 9.54. The molecule has 0 fully saturated rings. The summed E-state index contributed by atoms with van der Waals surface area (Å²) in [6, 6.07) is 10.1. The molecule has 0 radical (unpaired) electrons. The lowest BCUT2D eigenvalue weighted by molar-refractivity contribution is -0.113. The van der Waals surface area contributed by atoms with Crippen molar-refractivity contribution in [2.24, 2.45) is 0 Å². The van der Waals surface area contributed by atoms with E-state index in [1.54, 1.807) is 6.07 Å². The number of hydrogen-bond donors (Lipinski definition) is 1. The molecule has 2 heterocycles. The minimum Gasteiger partial charge on any atom is -0.465 e. The molecule has 0 spiro atoms. The minimum absolute atomic E-state index is 0.157. The van der Waals surface area contributed by atoms with Crippen molar-refractivity contribution in [3.8, 4) is 11.4 Å². The van der Waals surface area contributed by atoms with Crippen LogP contribution in [-0.4, -0.2) is 39.5 Å². The van der Waals surface area contributed by atoms with Crippen molar-refractivity contribution in [3.05, 3.63) is 46.3 Å². The fourth-order valence-corrected chi connectivity index (χ4v) is 4.98. The molecule has 0 saturated heterocycles.